The molecule has 0 radical (unpaired) electrons. The third-order valence-electron chi connectivity index (χ3n) is 1.88. The van der Waals surface area contributed by atoms with E-state index in [1.807, 2.05) is 0 Å². The number of cyclic esters (lactones) is 2. The highest BCUT2D eigenvalue weighted by atomic mass is 16.8. The van der Waals surface area contributed by atoms with E-state index in [4.69, 9.17) is 14.2 Å². The fraction of sp³-hybridized carbons (Fsp3) is 0.200. The summed E-state index contributed by atoms with van der Waals surface area (Å²) in [5.41, 5.74) is 0.602. The summed E-state index contributed by atoms with van der Waals surface area (Å²) < 4.78 is 14.2. The number of carbonyl (C=O) groups is 2. The lowest BCUT2D eigenvalue weighted by Crippen LogP contribution is -2.16. The molecule has 0 saturated heterocycles. The van der Waals surface area contributed by atoms with Gasteiger partial charge in [-0.25, -0.2) is 9.59 Å². The molecular weight excluding hydrogens is 200 g/mol. The van der Waals surface area contributed by atoms with Crippen LogP contribution in [0.15, 0.2) is 24.3 Å². The highest BCUT2D eigenvalue weighted by Crippen LogP contribution is 2.09. The summed E-state index contributed by atoms with van der Waals surface area (Å²) in [4.78, 5) is 22.7. The van der Waals surface area contributed by atoms with Gasteiger partial charge in [-0.15, -0.1) is 0 Å². The van der Waals surface area contributed by atoms with Crippen molar-refractivity contribution in [1.82, 2.24) is 0 Å². The number of ether oxygens (including phenoxy) is 3. The first-order chi connectivity index (χ1) is 7.27. The number of carbonyl (C=O) groups excluding carboxylic acids is 2. The van der Waals surface area contributed by atoms with Crippen LogP contribution >= 0.6 is 0 Å². The molecule has 0 unspecified atom stereocenters. The fourth-order valence-electron chi connectivity index (χ4n) is 1.16. The van der Waals surface area contributed by atoms with Crippen LogP contribution in [-0.4, -0.2) is 25.5 Å². The molecule has 5 heteroatoms. The summed E-state index contributed by atoms with van der Waals surface area (Å²) in [6, 6.07) is 6.13. The molecule has 0 fully saturated rings. The van der Waals surface area contributed by atoms with Gasteiger partial charge in [-0.3, -0.25) is 0 Å². The minimum absolute atomic E-state index is 0.226. The first-order valence-corrected chi connectivity index (χ1v) is 4.29. The first kappa shape index (κ1) is 9.67. The van der Waals surface area contributed by atoms with Gasteiger partial charge >= 0.3 is 11.9 Å². The van der Waals surface area contributed by atoms with Crippen molar-refractivity contribution < 1.29 is 23.8 Å². The average Bonchev–Trinajstić information content (AvgIpc) is 2.27. The van der Waals surface area contributed by atoms with E-state index in [0.717, 1.165) is 0 Å². The number of fused-ring (bicyclic) bond motifs is 2. The maximum Gasteiger partial charge on any atom is 0.340 e. The molecule has 2 bridgehead atoms. The second-order valence-corrected chi connectivity index (χ2v) is 2.88. The molecule has 0 atom stereocenters. The molecule has 1 aromatic carbocycles. The van der Waals surface area contributed by atoms with E-state index in [2.05, 4.69) is 0 Å². The van der Waals surface area contributed by atoms with Gasteiger partial charge in [-0.2, -0.15) is 0 Å². The van der Waals surface area contributed by atoms with E-state index in [0.29, 0.717) is 11.1 Å². The number of esters is 2. The van der Waals surface area contributed by atoms with Crippen molar-refractivity contribution in [3.8, 4) is 0 Å². The number of hydrogen-bond acceptors (Lipinski definition) is 5. The molecule has 1 aliphatic heterocycles. The van der Waals surface area contributed by atoms with Gasteiger partial charge < -0.3 is 14.2 Å². The Bertz CT molecular complexity index is 365. The average molecular weight is 208 g/mol. The van der Waals surface area contributed by atoms with Crippen LogP contribution in [0.1, 0.15) is 20.7 Å². The quantitative estimate of drug-likeness (QED) is 0.594. The SMILES string of the molecule is O=C1OCOCOC(=O)c2cccc1c2. The van der Waals surface area contributed by atoms with Crippen molar-refractivity contribution >= 4 is 11.9 Å². The van der Waals surface area contributed by atoms with Crippen LogP contribution in [0, 0.1) is 0 Å². The molecule has 0 aliphatic carbocycles. The summed E-state index contributed by atoms with van der Waals surface area (Å²) in [7, 11) is 0. The van der Waals surface area contributed by atoms with Crippen molar-refractivity contribution in [3.63, 3.8) is 0 Å². The van der Waals surface area contributed by atoms with E-state index in [1.54, 1.807) is 18.2 Å². The van der Waals surface area contributed by atoms with Gasteiger partial charge in [0, 0.05) is 0 Å². The van der Waals surface area contributed by atoms with E-state index < -0.39 is 11.9 Å². The lowest BCUT2D eigenvalue weighted by Gasteiger charge is -2.10. The summed E-state index contributed by atoms with van der Waals surface area (Å²) >= 11 is 0. The van der Waals surface area contributed by atoms with Crippen LogP contribution < -0.4 is 0 Å². The Morgan fingerprint density at radius 2 is 1.47 bits per heavy atom. The largest absolute Gasteiger partial charge is 0.435 e. The van der Waals surface area contributed by atoms with Crippen LogP contribution in [-0.2, 0) is 14.2 Å². The Morgan fingerprint density at radius 1 is 0.933 bits per heavy atom. The Balaban J connectivity index is 2.36. The van der Waals surface area contributed by atoms with Crippen molar-refractivity contribution in [2.45, 2.75) is 0 Å². The van der Waals surface area contributed by atoms with Crippen molar-refractivity contribution in [2.24, 2.45) is 0 Å². The molecule has 15 heavy (non-hydrogen) atoms. The third-order valence-corrected chi connectivity index (χ3v) is 1.88. The molecular formula is C10H8O5. The van der Waals surface area contributed by atoms with Gasteiger partial charge in [0.05, 0.1) is 11.1 Å². The highest BCUT2D eigenvalue weighted by molar-refractivity contribution is 5.95. The molecule has 2 rings (SSSR count). The maximum absolute atomic E-state index is 11.3. The van der Waals surface area contributed by atoms with Crippen molar-refractivity contribution in [3.05, 3.63) is 35.4 Å². The molecule has 1 heterocycles. The van der Waals surface area contributed by atoms with Gasteiger partial charge in [-0.1, -0.05) is 6.07 Å². The molecule has 0 N–H and O–H groups in total. The van der Waals surface area contributed by atoms with Crippen LogP contribution in [0.5, 0.6) is 0 Å². The van der Waals surface area contributed by atoms with Crippen LogP contribution in [0.25, 0.3) is 0 Å². The fourth-order valence-corrected chi connectivity index (χ4v) is 1.16. The minimum atomic E-state index is -0.522. The topological polar surface area (TPSA) is 61.8 Å². The Kier molecular flexibility index (Phi) is 2.64. The number of benzene rings is 1. The second kappa shape index (κ2) is 4.10. The zero-order chi connectivity index (χ0) is 10.7. The zero-order valence-electron chi connectivity index (χ0n) is 7.76. The zero-order valence-corrected chi connectivity index (χ0v) is 7.76. The Hall–Kier alpha value is -1.88. The van der Waals surface area contributed by atoms with Crippen molar-refractivity contribution in [1.29, 1.82) is 0 Å². The van der Waals surface area contributed by atoms with E-state index in [9.17, 15) is 9.59 Å². The Morgan fingerprint density at radius 3 is 2.00 bits per heavy atom. The Labute approximate surface area is 85.5 Å². The van der Waals surface area contributed by atoms with Crippen LogP contribution in [0.2, 0.25) is 0 Å². The van der Waals surface area contributed by atoms with Gasteiger partial charge in [0.15, 0.2) is 13.6 Å². The molecule has 0 aromatic heterocycles. The third kappa shape index (κ3) is 2.13. The van der Waals surface area contributed by atoms with Gasteiger partial charge in [0.2, 0.25) is 0 Å². The van der Waals surface area contributed by atoms with E-state index in [1.165, 1.54) is 6.07 Å². The minimum Gasteiger partial charge on any atom is -0.435 e. The molecule has 78 valence electrons. The predicted octanol–water partition coefficient (Wildman–Crippen LogP) is 0.945. The molecule has 1 aliphatic rings. The lowest BCUT2D eigenvalue weighted by atomic mass is 10.1. The molecule has 0 spiro atoms. The second-order valence-electron chi connectivity index (χ2n) is 2.88. The monoisotopic (exact) mass is 208 g/mol. The van der Waals surface area contributed by atoms with Crippen LogP contribution in [0.4, 0.5) is 0 Å². The molecule has 0 amide bonds. The summed E-state index contributed by atoms with van der Waals surface area (Å²) in [6.07, 6.45) is 0. The standard InChI is InChI=1S/C10H8O5/c11-9-7-2-1-3-8(4-7)10(12)15-6-13-5-14-9/h1-4H,5-6H2. The lowest BCUT2D eigenvalue weighted by molar-refractivity contribution is -0.0937. The van der Waals surface area contributed by atoms with E-state index >= 15 is 0 Å². The van der Waals surface area contributed by atoms with Gasteiger partial charge in [0.25, 0.3) is 0 Å². The van der Waals surface area contributed by atoms with Crippen LogP contribution in [0.3, 0.4) is 0 Å². The molecule has 1 aromatic rings. The van der Waals surface area contributed by atoms with Gasteiger partial charge in [-0.05, 0) is 18.2 Å². The van der Waals surface area contributed by atoms with Gasteiger partial charge in [0.1, 0.15) is 0 Å². The van der Waals surface area contributed by atoms with Crippen molar-refractivity contribution in [2.75, 3.05) is 13.6 Å². The molecule has 5 nitrogen and oxygen atoms in total. The summed E-state index contributed by atoms with van der Waals surface area (Å²) in [5.74, 6) is -1.04. The normalized spacial score (nSPS) is 16.5. The maximum atomic E-state index is 11.3. The predicted molar refractivity (Wildman–Crippen MR) is 48.1 cm³/mol. The highest BCUT2D eigenvalue weighted by Gasteiger charge is 2.14. The summed E-state index contributed by atoms with van der Waals surface area (Å²) in [5, 5.41) is 0. The first-order valence-electron chi connectivity index (χ1n) is 4.29. The number of rotatable bonds is 0. The van der Waals surface area contributed by atoms with E-state index in [-0.39, 0.29) is 13.6 Å². The molecule has 0 saturated carbocycles. The smallest absolute Gasteiger partial charge is 0.340 e. The number of hydrogen-bond donors (Lipinski definition) is 0. The summed E-state index contributed by atoms with van der Waals surface area (Å²) in [6.45, 7) is -0.452.